The Hall–Kier alpha value is -2.70. The molecular formula is C19H22ClN5O6. The monoisotopic (exact) mass is 451 g/mol. The number of nitrogens with zero attached hydrogens (tertiary/aromatic N) is 3. The van der Waals surface area contributed by atoms with Gasteiger partial charge in [0.25, 0.3) is 5.69 Å². The van der Waals surface area contributed by atoms with Gasteiger partial charge in [0.05, 0.1) is 36.4 Å². The molecule has 1 fully saturated rings. The molecule has 1 unspecified atom stereocenters. The third-order valence-corrected chi connectivity index (χ3v) is 5.60. The Morgan fingerprint density at radius 2 is 2.13 bits per heavy atom. The van der Waals surface area contributed by atoms with Crippen molar-refractivity contribution >= 4 is 29.1 Å². The number of benzene rings is 1. The van der Waals surface area contributed by atoms with Crippen LogP contribution in [-0.4, -0.2) is 44.5 Å². The van der Waals surface area contributed by atoms with E-state index in [1.165, 1.54) is 6.07 Å². The second-order valence-corrected chi connectivity index (χ2v) is 7.71. The zero-order chi connectivity index (χ0) is 22.1. The smallest absolute Gasteiger partial charge is 0.274 e. The Morgan fingerprint density at radius 3 is 2.84 bits per heavy atom. The molecule has 5 N–H and O–H groups in total. The van der Waals surface area contributed by atoms with Gasteiger partial charge in [-0.3, -0.25) is 10.1 Å². The van der Waals surface area contributed by atoms with E-state index in [1.807, 2.05) is 0 Å². The summed E-state index contributed by atoms with van der Waals surface area (Å²) >= 11 is 6.42. The minimum atomic E-state index is -0.812. The number of nitrogens with two attached hydrogens (primary N) is 1. The average Bonchev–Trinajstić information content (AvgIpc) is 3.28. The van der Waals surface area contributed by atoms with E-state index in [2.05, 4.69) is 10.3 Å². The molecule has 2 aliphatic heterocycles. The number of aliphatic imine (C=N–C) groups is 1. The molecule has 0 radical (unpaired) electrons. The Kier molecular flexibility index (Phi) is 6.12. The average molecular weight is 452 g/mol. The van der Waals surface area contributed by atoms with Gasteiger partial charge in [-0.25, -0.2) is 4.99 Å². The van der Waals surface area contributed by atoms with Crippen molar-refractivity contribution in [2.24, 2.45) is 10.7 Å². The molecule has 12 heteroatoms. The minimum absolute atomic E-state index is 0.0141. The van der Waals surface area contributed by atoms with Crippen LogP contribution < -0.4 is 11.1 Å². The van der Waals surface area contributed by atoms with Gasteiger partial charge in [0, 0.05) is 29.8 Å². The lowest BCUT2D eigenvalue weighted by Gasteiger charge is -2.22. The summed E-state index contributed by atoms with van der Waals surface area (Å²) in [5, 5.41) is 33.6. The van der Waals surface area contributed by atoms with E-state index in [1.54, 1.807) is 29.0 Å². The van der Waals surface area contributed by atoms with Gasteiger partial charge in [0.15, 0.2) is 11.5 Å². The van der Waals surface area contributed by atoms with E-state index in [4.69, 9.17) is 26.8 Å². The summed E-state index contributed by atoms with van der Waals surface area (Å²) in [5.74, 6) is 0.698. The van der Waals surface area contributed by atoms with E-state index < -0.39 is 28.9 Å². The number of alkyl halides is 1. The number of ether oxygens (including phenoxy) is 2. The number of hydrogen-bond donors (Lipinski definition) is 4. The highest BCUT2D eigenvalue weighted by Crippen LogP contribution is 2.41. The van der Waals surface area contributed by atoms with Crippen LogP contribution in [0.5, 0.6) is 0 Å². The molecule has 4 atom stereocenters. The fraction of sp³-hybridized carbons (Fsp3) is 0.421. The number of anilines is 1. The molecule has 1 aromatic carbocycles. The minimum Gasteiger partial charge on any atom is -0.394 e. The van der Waals surface area contributed by atoms with E-state index in [9.17, 15) is 20.3 Å². The summed E-state index contributed by atoms with van der Waals surface area (Å²) in [5.41, 5.74) is 6.85. The first-order valence-electron chi connectivity index (χ1n) is 9.61. The maximum absolute atomic E-state index is 11.2. The number of guanidine groups is 1. The van der Waals surface area contributed by atoms with Crippen LogP contribution in [0.1, 0.15) is 34.8 Å². The molecule has 31 heavy (non-hydrogen) atoms. The third-order valence-electron chi connectivity index (χ3n) is 5.29. The number of rotatable bonds is 7. The maximum Gasteiger partial charge on any atom is 0.274 e. The van der Waals surface area contributed by atoms with Gasteiger partial charge >= 0.3 is 0 Å². The van der Waals surface area contributed by atoms with Gasteiger partial charge in [-0.2, -0.15) is 0 Å². The van der Waals surface area contributed by atoms with E-state index in [-0.39, 0.29) is 37.9 Å². The second kappa shape index (κ2) is 8.81. The van der Waals surface area contributed by atoms with Crippen molar-refractivity contribution in [1.29, 1.82) is 0 Å². The van der Waals surface area contributed by atoms with Crippen molar-refractivity contribution in [2.45, 2.75) is 43.6 Å². The molecule has 4 rings (SSSR count). The van der Waals surface area contributed by atoms with Crippen molar-refractivity contribution in [3.8, 4) is 0 Å². The molecule has 166 valence electrons. The number of halogens is 1. The van der Waals surface area contributed by atoms with Crippen molar-refractivity contribution in [2.75, 3.05) is 11.9 Å². The molecule has 1 saturated heterocycles. The topological polar surface area (TPSA) is 157 Å². The van der Waals surface area contributed by atoms with Crippen molar-refractivity contribution < 1.29 is 24.6 Å². The number of aliphatic hydroxyl groups excluding tert-OH is 2. The van der Waals surface area contributed by atoms with Crippen LogP contribution in [0.3, 0.4) is 0 Å². The summed E-state index contributed by atoms with van der Waals surface area (Å²) in [6.45, 7) is -0.156. The largest absolute Gasteiger partial charge is 0.394 e. The lowest BCUT2D eigenvalue weighted by molar-refractivity contribution is -0.386. The number of nitro benzene ring substituents is 1. The summed E-state index contributed by atoms with van der Waals surface area (Å²) in [4.78, 5) is 14.9. The summed E-state index contributed by atoms with van der Waals surface area (Å²) < 4.78 is 13.3. The van der Waals surface area contributed by atoms with Crippen LogP contribution in [-0.2, 0) is 22.7 Å². The van der Waals surface area contributed by atoms with E-state index in [0.717, 1.165) is 0 Å². The Labute approximate surface area is 182 Å². The molecular weight excluding hydrogens is 430 g/mol. The Morgan fingerprint density at radius 1 is 1.39 bits per heavy atom. The van der Waals surface area contributed by atoms with Gasteiger partial charge in [-0.05, 0) is 6.07 Å². The number of nitro groups is 1. The van der Waals surface area contributed by atoms with Gasteiger partial charge in [-0.1, -0.05) is 23.7 Å². The maximum atomic E-state index is 11.2. The van der Waals surface area contributed by atoms with E-state index >= 15 is 0 Å². The highest BCUT2D eigenvalue weighted by atomic mass is 35.5. The van der Waals surface area contributed by atoms with Crippen LogP contribution in [0.2, 0.25) is 0 Å². The fourth-order valence-electron chi connectivity index (χ4n) is 3.81. The highest BCUT2D eigenvalue weighted by molar-refractivity contribution is 6.22. The van der Waals surface area contributed by atoms with Crippen LogP contribution in [0, 0.1) is 10.1 Å². The normalized spacial score (nSPS) is 25.1. The van der Waals surface area contributed by atoms with Crippen molar-refractivity contribution in [3.63, 3.8) is 0 Å². The molecule has 0 amide bonds. The quantitative estimate of drug-likeness (QED) is 0.214. The number of hydrogen-bond acceptors (Lipinski definition) is 9. The highest BCUT2D eigenvalue weighted by Gasteiger charge is 2.37. The van der Waals surface area contributed by atoms with Crippen LogP contribution >= 0.6 is 11.6 Å². The van der Waals surface area contributed by atoms with Crippen LogP contribution in [0.4, 0.5) is 11.5 Å². The summed E-state index contributed by atoms with van der Waals surface area (Å²) in [6, 6.07) is 6.37. The molecule has 1 aromatic heterocycles. The number of para-hydroxylation sites is 1. The first-order valence-corrected chi connectivity index (χ1v) is 10.0. The number of aromatic nitrogens is 1. The molecule has 3 heterocycles. The van der Waals surface area contributed by atoms with Gasteiger partial charge < -0.3 is 35.3 Å². The predicted octanol–water partition coefficient (Wildman–Crippen LogP) is 1.73. The number of nitrogens with one attached hydrogen (secondary N) is 1. The lowest BCUT2D eigenvalue weighted by Crippen LogP contribution is -2.29. The summed E-state index contributed by atoms with van der Waals surface area (Å²) in [7, 11) is 0. The molecule has 0 aliphatic carbocycles. The molecule has 11 nitrogen and oxygen atoms in total. The number of fused-ring (bicyclic) bond motifs is 1. The Bertz CT molecular complexity index is 1010. The molecule has 2 aliphatic rings. The third kappa shape index (κ3) is 4.23. The molecule has 0 saturated carbocycles. The second-order valence-electron chi connectivity index (χ2n) is 7.29. The predicted molar refractivity (Wildman–Crippen MR) is 111 cm³/mol. The molecule has 0 bridgehead atoms. The molecule has 2 aromatic rings. The zero-order valence-electron chi connectivity index (χ0n) is 16.3. The SMILES string of the molecule is NC1=NC(Cl)c2c(COCc3ccccc3[N+](=O)[O-])cn([C@H]3C[C@@H](O)[C@@H](CO)O3)c2N1. The Balaban J connectivity index is 1.57. The fourth-order valence-corrected chi connectivity index (χ4v) is 4.15. The van der Waals surface area contributed by atoms with Gasteiger partial charge in [0.2, 0.25) is 0 Å². The first-order chi connectivity index (χ1) is 14.9. The molecule has 0 spiro atoms. The number of aliphatic hydroxyl groups is 2. The first kappa shape index (κ1) is 21.5. The summed E-state index contributed by atoms with van der Waals surface area (Å²) in [6.07, 6.45) is -0.0191. The van der Waals surface area contributed by atoms with Gasteiger partial charge in [0.1, 0.15) is 18.1 Å². The van der Waals surface area contributed by atoms with Crippen LogP contribution in [0.25, 0.3) is 0 Å². The van der Waals surface area contributed by atoms with Crippen LogP contribution in [0.15, 0.2) is 35.5 Å². The van der Waals surface area contributed by atoms with Crippen molar-refractivity contribution in [3.05, 3.63) is 57.3 Å². The van der Waals surface area contributed by atoms with E-state index in [0.29, 0.717) is 22.5 Å². The van der Waals surface area contributed by atoms with Gasteiger partial charge in [-0.15, -0.1) is 0 Å². The zero-order valence-corrected chi connectivity index (χ0v) is 17.1. The van der Waals surface area contributed by atoms with Crippen molar-refractivity contribution in [1.82, 2.24) is 4.57 Å². The standard InChI is InChI=1S/C19H22ClN5O6/c20-17-16-11(9-30-8-10-3-1-2-4-12(10)25(28)29)6-24(18(16)23-19(21)22-17)15-5-13(27)14(7-26)31-15/h1-4,6,13-15,17,26-27H,5,7-9H2,(H3,21,22,23)/t13-,14-,15-,17?/m1/s1. The lowest BCUT2D eigenvalue weighted by atomic mass is 10.1.